The Kier molecular flexibility index (Phi) is 8.17. The molecule has 212 valence electrons. The summed E-state index contributed by atoms with van der Waals surface area (Å²) in [7, 11) is 1.50. The van der Waals surface area contributed by atoms with Crippen LogP contribution in [-0.2, 0) is 24.3 Å². The number of hydrogen-bond donors (Lipinski definition) is 1. The van der Waals surface area contributed by atoms with Gasteiger partial charge in [0.25, 0.3) is 0 Å². The van der Waals surface area contributed by atoms with Gasteiger partial charge in [0.2, 0.25) is 5.88 Å². The SMILES string of the molecule is COCCn1c(Cc2ccc(-c3cccc(OCc4ccc(C#N)cc4F)n3)cc2F)nc2c(F)cc(C(=O)O)cc21. The summed E-state index contributed by atoms with van der Waals surface area (Å²) in [6.07, 6.45) is 0.0130. The van der Waals surface area contributed by atoms with Gasteiger partial charge in [-0.1, -0.05) is 24.3 Å². The maximum atomic E-state index is 15.3. The largest absolute Gasteiger partial charge is 0.478 e. The van der Waals surface area contributed by atoms with Crippen LogP contribution in [0.25, 0.3) is 22.3 Å². The number of nitriles is 1. The summed E-state index contributed by atoms with van der Waals surface area (Å²) in [4.78, 5) is 20.2. The van der Waals surface area contributed by atoms with Crippen molar-refractivity contribution >= 4 is 17.0 Å². The highest BCUT2D eigenvalue weighted by molar-refractivity contribution is 5.92. The van der Waals surface area contributed by atoms with E-state index in [1.165, 1.54) is 31.4 Å². The summed E-state index contributed by atoms with van der Waals surface area (Å²) in [5.74, 6) is -2.62. The molecule has 11 heteroatoms. The summed E-state index contributed by atoms with van der Waals surface area (Å²) in [5, 5.41) is 18.2. The fourth-order valence-corrected chi connectivity index (χ4v) is 4.48. The molecule has 2 aromatic heterocycles. The van der Waals surface area contributed by atoms with Gasteiger partial charge in [0, 0.05) is 37.3 Å². The van der Waals surface area contributed by atoms with Gasteiger partial charge < -0.3 is 19.1 Å². The molecule has 0 unspecified atom stereocenters. The zero-order chi connectivity index (χ0) is 29.8. The topological polar surface area (TPSA) is 110 Å². The molecule has 5 rings (SSSR count). The number of nitrogens with zero attached hydrogens (tertiary/aromatic N) is 4. The van der Waals surface area contributed by atoms with E-state index in [1.807, 2.05) is 6.07 Å². The molecule has 0 spiro atoms. The van der Waals surface area contributed by atoms with Crippen molar-refractivity contribution in [3.05, 3.63) is 112 Å². The fraction of sp³-hybridized carbons (Fsp3) is 0.161. The Morgan fingerprint density at radius 3 is 2.48 bits per heavy atom. The first-order chi connectivity index (χ1) is 20.3. The molecule has 3 aromatic carbocycles. The Bertz CT molecular complexity index is 1850. The lowest BCUT2D eigenvalue weighted by Crippen LogP contribution is -2.10. The van der Waals surface area contributed by atoms with Gasteiger partial charge in [0.1, 0.15) is 29.6 Å². The molecule has 8 nitrogen and oxygen atoms in total. The molecular formula is C31H23F3N4O4. The fourth-order valence-electron chi connectivity index (χ4n) is 4.48. The van der Waals surface area contributed by atoms with Crippen molar-refractivity contribution in [2.24, 2.45) is 0 Å². The minimum Gasteiger partial charge on any atom is -0.478 e. The smallest absolute Gasteiger partial charge is 0.335 e. The number of carbonyl (C=O) groups is 1. The number of aromatic carboxylic acids is 1. The number of imidazole rings is 1. The minimum atomic E-state index is -1.28. The van der Waals surface area contributed by atoms with Crippen LogP contribution in [0.2, 0.25) is 0 Å². The van der Waals surface area contributed by atoms with Crippen LogP contribution in [0.4, 0.5) is 13.2 Å². The van der Waals surface area contributed by atoms with Gasteiger partial charge in [-0.3, -0.25) is 0 Å². The van der Waals surface area contributed by atoms with E-state index < -0.39 is 23.4 Å². The second-order valence-corrected chi connectivity index (χ2v) is 9.35. The third kappa shape index (κ3) is 5.94. The van der Waals surface area contributed by atoms with Crippen molar-refractivity contribution < 1.29 is 32.5 Å². The quantitative estimate of drug-likeness (QED) is 0.222. The molecule has 0 aliphatic carbocycles. The van der Waals surface area contributed by atoms with Gasteiger partial charge in [-0.25, -0.2) is 27.9 Å². The molecule has 5 aromatic rings. The Hall–Kier alpha value is -5.21. The van der Waals surface area contributed by atoms with Gasteiger partial charge in [0.15, 0.2) is 5.82 Å². The van der Waals surface area contributed by atoms with Crippen molar-refractivity contribution in [1.82, 2.24) is 14.5 Å². The van der Waals surface area contributed by atoms with Crippen LogP contribution in [0.5, 0.6) is 5.88 Å². The monoisotopic (exact) mass is 572 g/mol. The maximum Gasteiger partial charge on any atom is 0.335 e. The lowest BCUT2D eigenvalue weighted by molar-refractivity contribution is 0.0696. The van der Waals surface area contributed by atoms with Crippen molar-refractivity contribution in [2.45, 2.75) is 19.6 Å². The molecule has 0 radical (unpaired) electrons. The average Bonchev–Trinajstić information content (AvgIpc) is 3.33. The number of carboxylic acid groups (broad SMARTS) is 1. The highest BCUT2D eigenvalue weighted by Gasteiger charge is 2.19. The molecular weight excluding hydrogens is 549 g/mol. The van der Waals surface area contributed by atoms with Gasteiger partial charge in [-0.2, -0.15) is 5.26 Å². The second-order valence-electron chi connectivity index (χ2n) is 9.35. The van der Waals surface area contributed by atoms with E-state index in [1.54, 1.807) is 34.9 Å². The molecule has 0 fully saturated rings. The second kappa shape index (κ2) is 12.1. The molecule has 0 aliphatic heterocycles. The van der Waals surface area contributed by atoms with E-state index >= 15 is 4.39 Å². The molecule has 0 bridgehead atoms. The van der Waals surface area contributed by atoms with Gasteiger partial charge in [-0.15, -0.1) is 0 Å². The van der Waals surface area contributed by atoms with E-state index in [4.69, 9.17) is 14.7 Å². The lowest BCUT2D eigenvalue weighted by Gasteiger charge is -2.11. The predicted molar refractivity (Wildman–Crippen MR) is 146 cm³/mol. The number of benzene rings is 3. The first-order valence-electron chi connectivity index (χ1n) is 12.8. The number of ether oxygens (including phenoxy) is 2. The molecule has 0 aliphatic rings. The summed E-state index contributed by atoms with van der Waals surface area (Å²) < 4.78 is 56.7. The Morgan fingerprint density at radius 2 is 1.76 bits per heavy atom. The number of hydrogen-bond acceptors (Lipinski definition) is 6. The molecule has 1 N–H and O–H groups in total. The van der Waals surface area contributed by atoms with Crippen LogP contribution < -0.4 is 4.74 Å². The average molecular weight is 573 g/mol. The lowest BCUT2D eigenvalue weighted by atomic mass is 10.1. The number of aromatic nitrogens is 3. The highest BCUT2D eigenvalue weighted by Crippen LogP contribution is 2.27. The molecule has 2 heterocycles. The molecule has 0 atom stereocenters. The van der Waals surface area contributed by atoms with E-state index in [2.05, 4.69) is 9.97 Å². The summed E-state index contributed by atoms with van der Waals surface area (Å²) in [6, 6.07) is 17.7. The van der Waals surface area contributed by atoms with E-state index in [0.29, 0.717) is 17.1 Å². The van der Waals surface area contributed by atoms with E-state index in [9.17, 15) is 18.7 Å². The van der Waals surface area contributed by atoms with Crippen LogP contribution in [-0.4, -0.2) is 39.3 Å². The number of halogens is 3. The van der Waals surface area contributed by atoms with Crippen molar-refractivity contribution in [3.8, 4) is 23.2 Å². The van der Waals surface area contributed by atoms with Crippen molar-refractivity contribution in [2.75, 3.05) is 13.7 Å². The van der Waals surface area contributed by atoms with Gasteiger partial charge in [-0.05, 0) is 42.0 Å². The molecule has 42 heavy (non-hydrogen) atoms. The number of methoxy groups -OCH3 is 1. The molecule has 0 saturated carbocycles. The Morgan fingerprint density at radius 1 is 0.976 bits per heavy atom. The van der Waals surface area contributed by atoms with Crippen LogP contribution in [0.1, 0.15) is 32.9 Å². The third-order valence-corrected chi connectivity index (χ3v) is 6.63. The summed E-state index contributed by atoms with van der Waals surface area (Å²) in [5.41, 5.74) is 1.69. The number of carboxylic acids is 1. The standard InChI is InChI=1S/C31H23F3N4O4/c1-41-10-9-38-27-14-22(31(39)40)13-25(34)30(27)37-28(38)15-19-7-8-20(12-24(19)33)26-3-2-4-29(36-26)42-17-21-6-5-18(16-35)11-23(21)32/h2-8,11-14H,9-10,15,17H2,1H3,(H,39,40). The van der Waals surface area contributed by atoms with Crippen LogP contribution >= 0.6 is 0 Å². The zero-order valence-corrected chi connectivity index (χ0v) is 22.3. The number of fused-ring (bicyclic) bond motifs is 1. The Balaban J connectivity index is 1.39. The Labute approximate surface area is 238 Å². The number of rotatable bonds is 10. The highest BCUT2D eigenvalue weighted by atomic mass is 19.1. The zero-order valence-electron chi connectivity index (χ0n) is 22.3. The molecule has 0 amide bonds. The molecule has 0 saturated heterocycles. The van der Waals surface area contributed by atoms with Gasteiger partial charge >= 0.3 is 5.97 Å². The first kappa shape index (κ1) is 28.3. The van der Waals surface area contributed by atoms with E-state index in [-0.39, 0.29) is 65.3 Å². The van der Waals surface area contributed by atoms with Gasteiger partial charge in [0.05, 0.1) is 35.0 Å². The van der Waals surface area contributed by atoms with Crippen LogP contribution in [0.3, 0.4) is 0 Å². The van der Waals surface area contributed by atoms with Crippen LogP contribution in [0, 0.1) is 28.8 Å². The van der Waals surface area contributed by atoms with Crippen molar-refractivity contribution in [1.29, 1.82) is 5.26 Å². The van der Waals surface area contributed by atoms with Crippen molar-refractivity contribution in [3.63, 3.8) is 0 Å². The summed E-state index contributed by atoms with van der Waals surface area (Å²) >= 11 is 0. The normalized spacial score (nSPS) is 11.0. The first-order valence-corrected chi connectivity index (χ1v) is 12.8. The maximum absolute atomic E-state index is 15.3. The predicted octanol–water partition coefficient (Wildman–Crippen LogP) is 5.90. The third-order valence-electron chi connectivity index (χ3n) is 6.63. The minimum absolute atomic E-state index is 0.00923. The summed E-state index contributed by atoms with van der Waals surface area (Å²) in [6.45, 7) is 0.397. The van der Waals surface area contributed by atoms with E-state index in [0.717, 1.165) is 12.1 Å². The van der Waals surface area contributed by atoms with Crippen LogP contribution in [0.15, 0.2) is 66.7 Å². The number of pyridine rings is 1.